The highest BCUT2D eigenvalue weighted by Crippen LogP contribution is 2.27. The molecule has 1 aliphatic carbocycles. The zero-order valence-corrected chi connectivity index (χ0v) is 10.7. The van der Waals surface area contributed by atoms with Crippen LogP contribution >= 0.6 is 22.9 Å². The number of ketones is 1. The highest BCUT2D eigenvalue weighted by atomic mass is 35.5. The summed E-state index contributed by atoms with van der Waals surface area (Å²) in [5.74, 6) is 0.498. The number of halogens is 1. The molecular formula is C12H16ClNOS. The fourth-order valence-electron chi connectivity index (χ4n) is 2.28. The summed E-state index contributed by atoms with van der Waals surface area (Å²) in [5, 5.41) is 0. The molecule has 2 atom stereocenters. The van der Waals surface area contributed by atoms with E-state index in [0.717, 1.165) is 34.9 Å². The SMILES string of the molecule is NC1CCCC(C(=O)Cc2ccc(Cl)s2)C1. The van der Waals surface area contributed by atoms with Gasteiger partial charge in [-0.1, -0.05) is 18.0 Å². The van der Waals surface area contributed by atoms with Gasteiger partial charge in [-0.2, -0.15) is 0 Å². The summed E-state index contributed by atoms with van der Waals surface area (Å²) in [6.45, 7) is 0. The van der Waals surface area contributed by atoms with Gasteiger partial charge in [0, 0.05) is 23.3 Å². The lowest BCUT2D eigenvalue weighted by atomic mass is 9.82. The van der Waals surface area contributed by atoms with Gasteiger partial charge in [0.05, 0.1) is 4.34 Å². The summed E-state index contributed by atoms with van der Waals surface area (Å²) < 4.78 is 0.753. The van der Waals surface area contributed by atoms with Crippen LogP contribution in [0.1, 0.15) is 30.6 Å². The van der Waals surface area contributed by atoms with Crippen LogP contribution in [0.2, 0.25) is 4.34 Å². The van der Waals surface area contributed by atoms with E-state index in [1.807, 2.05) is 12.1 Å². The van der Waals surface area contributed by atoms with Gasteiger partial charge in [0.25, 0.3) is 0 Å². The Morgan fingerprint density at radius 3 is 2.94 bits per heavy atom. The number of hydrogen-bond donors (Lipinski definition) is 1. The third-order valence-electron chi connectivity index (χ3n) is 3.15. The van der Waals surface area contributed by atoms with Gasteiger partial charge >= 0.3 is 0 Å². The Hall–Kier alpha value is -0.380. The average Bonchev–Trinajstić information content (AvgIpc) is 2.64. The van der Waals surface area contributed by atoms with Gasteiger partial charge < -0.3 is 5.73 Å². The first-order chi connectivity index (χ1) is 7.65. The molecule has 0 amide bonds. The van der Waals surface area contributed by atoms with Crippen LogP contribution in [0.5, 0.6) is 0 Å². The summed E-state index contributed by atoms with van der Waals surface area (Å²) in [7, 11) is 0. The second-order valence-corrected chi connectivity index (χ2v) is 6.27. The van der Waals surface area contributed by atoms with Crippen molar-refractivity contribution in [3.05, 3.63) is 21.3 Å². The predicted octanol–water partition coefficient (Wildman–Crippen LogP) is 3.03. The fourth-order valence-corrected chi connectivity index (χ4v) is 3.38. The normalized spacial score (nSPS) is 25.6. The number of Topliss-reactive ketones (excluding diaryl/α,β-unsaturated/α-hetero) is 1. The molecule has 88 valence electrons. The zero-order valence-electron chi connectivity index (χ0n) is 9.12. The van der Waals surface area contributed by atoms with E-state index < -0.39 is 0 Å². The van der Waals surface area contributed by atoms with Crippen LogP contribution < -0.4 is 5.73 Å². The van der Waals surface area contributed by atoms with Crippen molar-refractivity contribution in [2.24, 2.45) is 11.7 Å². The van der Waals surface area contributed by atoms with E-state index in [4.69, 9.17) is 17.3 Å². The third kappa shape index (κ3) is 3.06. The van der Waals surface area contributed by atoms with Crippen LogP contribution in [0.15, 0.2) is 12.1 Å². The quantitative estimate of drug-likeness (QED) is 0.905. The number of carbonyl (C=O) groups excluding carboxylic acids is 1. The first-order valence-electron chi connectivity index (χ1n) is 5.67. The summed E-state index contributed by atoms with van der Waals surface area (Å²) in [6.07, 6.45) is 4.54. The molecule has 1 heterocycles. The summed E-state index contributed by atoms with van der Waals surface area (Å²) in [4.78, 5) is 13.1. The van der Waals surface area contributed by atoms with Gasteiger partial charge in [0.15, 0.2) is 0 Å². The van der Waals surface area contributed by atoms with Crippen molar-refractivity contribution in [2.45, 2.75) is 38.1 Å². The Labute approximate surface area is 105 Å². The molecule has 1 saturated carbocycles. The standard InChI is InChI=1S/C12H16ClNOS/c13-12-5-4-10(16-12)7-11(15)8-2-1-3-9(14)6-8/h4-5,8-9H,1-3,6-7,14H2. The molecule has 2 unspecified atom stereocenters. The monoisotopic (exact) mass is 257 g/mol. The molecule has 0 saturated heterocycles. The second kappa shape index (κ2) is 5.30. The molecular weight excluding hydrogens is 242 g/mol. The molecule has 1 aliphatic rings. The topological polar surface area (TPSA) is 43.1 Å². The Bertz CT molecular complexity index is 377. The van der Waals surface area contributed by atoms with Crippen LogP contribution in [0.25, 0.3) is 0 Å². The van der Waals surface area contributed by atoms with E-state index in [0.29, 0.717) is 12.2 Å². The summed E-state index contributed by atoms with van der Waals surface area (Å²) >= 11 is 7.33. The molecule has 1 aromatic rings. The lowest BCUT2D eigenvalue weighted by molar-refractivity contribution is -0.123. The average molecular weight is 258 g/mol. The van der Waals surface area contributed by atoms with Crippen molar-refractivity contribution in [3.63, 3.8) is 0 Å². The molecule has 2 N–H and O–H groups in total. The van der Waals surface area contributed by atoms with Gasteiger partial charge in [-0.05, 0) is 31.4 Å². The largest absolute Gasteiger partial charge is 0.328 e. The molecule has 4 heteroatoms. The van der Waals surface area contributed by atoms with Gasteiger partial charge in [-0.15, -0.1) is 11.3 Å². The maximum Gasteiger partial charge on any atom is 0.141 e. The highest BCUT2D eigenvalue weighted by Gasteiger charge is 2.25. The van der Waals surface area contributed by atoms with Crippen LogP contribution in [0, 0.1) is 5.92 Å². The first-order valence-corrected chi connectivity index (χ1v) is 6.87. The molecule has 0 spiro atoms. The second-order valence-electron chi connectivity index (χ2n) is 4.47. The number of carbonyl (C=O) groups is 1. The summed E-state index contributed by atoms with van der Waals surface area (Å²) in [6, 6.07) is 4.00. The van der Waals surface area contributed by atoms with Crippen LogP contribution in [-0.2, 0) is 11.2 Å². The number of thiophene rings is 1. The number of hydrogen-bond acceptors (Lipinski definition) is 3. The molecule has 0 aromatic carbocycles. The maximum atomic E-state index is 12.0. The minimum absolute atomic E-state index is 0.171. The first kappa shape index (κ1) is 12.1. The van der Waals surface area contributed by atoms with E-state index in [-0.39, 0.29) is 12.0 Å². The Morgan fingerprint density at radius 1 is 1.50 bits per heavy atom. The molecule has 0 radical (unpaired) electrons. The molecule has 0 aliphatic heterocycles. The van der Waals surface area contributed by atoms with Crippen LogP contribution in [0.3, 0.4) is 0 Å². The van der Waals surface area contributed by atoms with E-state index in [9.17, 15) is 4.79 Å². The Balaban J connectivity index is 1.92. The van der Waals surface area contributed by atoms with Crippen LogP contribution in [-0.4, -0.2) is 11.8 Å². The highest BCUT2D eigenvalue weighted by molar-refractivity contribution is 7.16. The van der Waals surface area contributed by atoms with E-state index in [1.54, 1.807) is 0 Å². The Morgan fingerprint density at radius 2 is 2.31 bits per heavy atom. The molecule has 0 bridgehead atoms. The minimum atomic E-state index is 0.171. The molecule has 1 fully saturated rings. The van der Waals surface area contributed by atoms with Crippen molar-refractivity contribution < 1.29 is 4.79 Å². The minimum Gasteiger partial charge on any atom is -0.328 e. The van der Waals surface area contributed by atoms with Gasteiger partial charge in [0.2, 0.25) is 0 Å². The van der Waals surface area contributed by atoms with Crippen LogP contribution in [0.4, 0.5) is 0 Å². The third-order valence-corrected chi connectivity index (χ3v) is 4.38. The zero-order chi connectivity index (χ0) is 11.5. The van der Waals surface area contributed by atoms with Crippen molar-refractivity contribution in [2.75, 3.05) is 0 Å². The fraction of sp³-hybridized carbons (Fsp3) is 0.583. The van der Waals surface area contributed by atoms with Gasteiger partial charge in [-0.3, -0.25) is 4.79 Å². The van der Waals surface area contributed by atoms with Crippen molar-refractivity contribution in [3.8, 4) is 0 Å². The lowest BCUT2D eigenvalue weighted by Crippen LogP contribution is -2.32. The number of rotatable bonds is 3. The summed E-state index contributed by atoms with van der Waals surface area (Å²) in [5.41, 5.74) is 5.89. The molecule has 1 aromatic heterocycles. The van der Waals surface area contributed by atoms with E-state index >= 15 is 0 Å². The van der Waals surface area contributed by atoms with Crippen molar-refractivity contribution in [1.29, 1.82) is 0 Å². The lowest BCUT2D eigenvalue weighted by Gasteiger charge is -2.25. The van der Waals surface area contributed by atoms with Gasteiger partial charge in [0.1, 0.15) is 5.78 Å². The van der Waals surface area contributed by atoms with Gasteiger partial charge in [-0.25, -0.2) is 0 Å². The number of nitrogens with two attached hydrogens (primary N) is 1. The maximum absolute atomic E-state index is 12.0. The Kier molecular flexibility index (Phi) is 4.00. The van der Waals surface area contributed by atoms with Crippen molar-refractivity contribution in [1.82, 2.24) is 0 Å². The smallest absolute Gasteiger partial charge is 0.141 e. The molecule has 2 nitrogen and oxygen atoms in total. The van der Waals surface area contributed by atoms with E-state index in [1.165, 1.54) is 11.3 Å². The van der Waals surface area contributed by atoms with Crippen molar-refractivity contribution >= 4 is 28.7 Å². The van der Waals surface area contributed by atoms with E-state index in [2.05, 4.69) is 0 Å². The predicted molar refractivity (Wildman–Crippen MR) is 68.0 cm³/mol. The molecule has 2 rings (SSSR count). The molecule has 16 heavy (non-hydrogen) atoms.